The van der Waals surface area contributed by atoms with Crippen LogP contribution >= 0.6 is 0 Å². The lowest BCUT2D eigenvalue weighted by atomic mass is 10.0. The summed E-state index contributed by atoms with van der Waals surface area (Å²) in [6.45, 7) is 2.05. The molecule has 7 heteroatoms. The van der Waals surface area contributed by atoms with E-state index < -0.39 is 12.2 Å². The van der Waals surface area contributed by atoms with Crippen LogP contribution in [0.3, 0.4) is 0 Å². The van der Waals surface area contributed by atoms with Gasteiger partial charge in [0.25, 0.3) is 0 Å². The minimum atomic E-state index is -0.919. The molecule has 0 aliphatic rings. The van der Waals surface area contributed by atoms with E-state index in [1.807, 2.05) is 37.3 Å². The van der Waals surface area contributed by atoms with Crippen molar-refractivity contribution >= 4 is 23.2 Å². The number of amides is 1. The largest absolute Gasteiger partial charge is 0.455 e. The van der Waals surface area contributed by atoms with Crippen molar-refractivity contribution in [3.05, 3.63) is 65.5 Å². The lowest BCUT2D eigenvalue weighted by molar-refractivity contribution is -0.115. The zero-order valence-electron chi connectivity index (χ0n) is 17.4. The number of nitrogens with zero attached hydrogens (tertiary/aromatic N) is 2. The Morgan fingerprint density at radius 3 is 2.71 bits per heavy atom. The first kappa shape index (κ1) is 21.8. The second kappa shape index (κ2) is 10.2. The fourth-order valence-corrected chi connectivity index (χ4v) is 3.33. The van der Waals surface area contributed by atoms with E-state index in [1.165, 1.54) is 7.05 Å². The van der Waals surface area contributed by atoms with Gasteiger partial charge >= 0.3 is 6.09 Å². The molecule has 1 unspecified atom stereocenters. The van der Waals surface area contributed by atoms with Crippen LogP contribution in [-0.4, -0.2) is 30.5 Å². The topological polar surface area (TPSA) is 101 Å². The Bertz CT molecular complexity index is 1140. The second-order valence-electron chi connectivity index (χ2n) is 6.93. The summed E-state index contributed by atoms with van der Waals surface area (Å²) < 4.78 is 11.2. The molecule has 0 spiro atoms. The summed E-state index contributed by atoms with van der Waals surface area (Å²) in [6, 6.07) is 15.2. The molecule has 7 nitrogen and oxygen atoms in total. The maximum Gasteiger partial charge on any atom is 0.407 e. The van der Waals surface area contributed by atoms with Gasteiger partial charge in [-0.1, -0.05) is 37.6 Å². The van der Waals surface area contributed by atoms with Crippen LogP contribution in [0.25, 0.3) is 10.8 Å². The predicted molar refractivity (Wildman–Crippen MR) is 116 cm³/mol. The summed E-state index contributed by atoms with van der Waals surface area (Å²) in [6.07, 6.45) is 2.40. The zero-order chi connectivity index (χ0) is 22.2. The first-order valence-corrected chi connectivity index (χ1v) is 10.0. The molecule has 0 saturated heterocycles. The first-order chi connectivity index (χ1) is 15.1. The van der Waals surface area contributed by atoms with Crippen molar-refractivity contribution in [1.82, 2.24) is 10.3 Å². The number of ether oxygens (including phenoxy) is 2. The third-order valence-electron chi connectivity index (χ3n) is 4.80. The summed E-state index contributed by atoms with van der Waals surface area (Å²) in [5, 5.41) is 13.3. The maximum atomic E-state index is 11.4. The number of aldehydes is 1. The molecular formula is C24H23N3O4. The third-order valence-corrected chi connectivity index (χ3v) is 4.80. The number of fused-ring (bicyclic) bond motifs is 1. The molecule has 158 valence electrons. The Balaban J connectivity index is 1.89. The highest BCUT2D eigenvalue weighted by atomic mass is 16.6. The van der Waals surface area contributed by atoms with Gasteiger partial charge in [-0.15, -0.1) is 0 Å². The molecule has 1 heterocycles. The molecule has 0 bridgehead atoms. The normalized spacial score (nSPS) is 11.4. The molecule has 1 amide bonds. The van der Waals surface area contributed by atoms with Gasteiger partial charge in [-0.2, -0.15) is 5.26 Å². The van der Waals surface area contributed by atoms with Gasteiger partial charge in [-0.3, -0.25) is 9.78 Å². The number of rotatable bonds is 8. The van der Waals surface area contributed by atoms with E-state index in [-0.39, 0.29) is 6.42 Å². The molecule has 0 aliphatic carbocycles. The van der Waals surface area contributed by atoms with Crippen LogP contribution in [0.4, 0.5) is 4.79 Å². The number of nitrogens with one attached hydrogen (secondary N) is 1. The zero-order valence-corrected chi connectivity index (χ0v) is 17.4. The molecule has 3 aromatic rings. The monoisotopic (exact) mass is 417 g/mol. The second-order valence-corrected chi connectivity index (χ2v) is 6.93. The van der Waals surface area contributed by atoms with Gasteiger partial charge in [-0.25, -0.2) is 4.79 Å². The van der Waals surface area contributed by atoms with Crippen molar-refractivity contribution in [2.45, 2.75) is 32.3 Å². The van der Waals surface area contributed by atoms with Crippen molar-refractivity contribution in [3.63, 3.8) is 0 Å². The number of aryl methyl sites for hydroxylation is 1. The number of hydrogen-bond acceptors (Lipinski definition) is 6. The van der Waals surface area contributed by atoms with Gasteiger partial charge in [0.1, 0.15) is 11.5 Å². The number of aromatic nitrogens is 1. The molecule has 0 aliphatic heterocycles. The average molecular weight is 417 g/mol. The van der Waals surface area contributed by atoms with Gasteiger partial charge < -0.3 is 14.8 Å². The number of nitriles is 1. The number of benzene rings is 2. The summed E-state index contributed by atoms with van der Waals surface area (Å²) >= 11 is 0. The minimum Gasteiger partial charge on any atom is -0.455 e. The van der Waals surface area contributed by atoms with Gasteiger partial charge in [0.15, 0.2) is 12.4 Å². The minimum absolute atomic E-state index is 0.187. The van der Waals surface area contributed by atoms with Crippen LogP contribution in [-0.2, 0) is 22.4 Å². The van der Waals surface area contributed by atoms with Crippen molar-refractivity contribution < 1.29 is 19.1 Å². The molecule has 0 fully saturated rings. The van der Waals surface area contributed by atoms with Crippen LogP contribution < -0.4 is 10.1 Å². The molecular weight excluding hydrogens is 394 g/mol. The molecule has 2 aromatic carbocycles. The number of carbonyl (C=O) groups is 2. The summed E-state index contributed by atoms with van der Waals surface area (Å²) in [5.41, 5.74) is 2.18. The molecule has 0 radical (unpaired) electrons. The smallest absolute Gasteiger partial charge is 0.407 e. The average Bonchev–Trinajstić information content (AvgIpc) is 2.80. The van der Waals surface area contributed by atoms with E-state index in [2.05, 4.69) is 16.4 Å². The fraction of sp³-hybridized carbons (Fsp3) is 0.250. The quantitative estimate of drug-likeness (QED) is 0.548. The number of hydrogen-bond donors (Lipinski definition) is 1. The maximum absolute atomic E-state index is 11.4. The van der Waals surface area contributed by atoms with Crippen molar-refractivity contribution in [3.8, 4) is 17.6 Å². The SMILES string of the molecule is CCCc1cc(Oc2ccc(C#N)c3ccccc23)cnc1CC(C=O)OC(=O)NC. The highest BCUT2D eigenvalue weighted by molar-refractivity contribution is 5.92. The Kier molecular flexibility index (Phi) is 7.17. The fourth-order valence-electron chi connectivity index (χ4n) is 3.33. The number of carbonyl (C=O) groups excluding carboxylic acids is 2. The van der Waals surface area contributed by atoms with Crippen molar-refractivity contribution in [2.75, 3.05) is 7.05 Å². The Morgan fingerprint density at radius 1 is 1.26 bits per heavy atom. The van der Waals surface area contributed by atoms with Gasteiger partial charge in [-0.05, 0) is 30.2 Å². The predicted octanol–water partition coefficient (Wildman–Crippen LogP) is 4.32. The number of alkyl carbamates (subject to hydrolysis) is 1. The van der Waals surface area contributed by atoms with E-state index in [0.29, 0.717) is 29.0 Å². The Morgan fingerprint density at radius 2 is 2.03 bits per heavy atom. The Hall–Kier alpha value is -3.92. The highest BCUT2D eigenvalue weighted by Crippen LogP contribution is 2.32. The highest BCUT2D eigenvalue weighted by Gasteiger charge is 2.17. The third kappa shape index (κ3) is 5.17. The van der Waals surface area contributed by atoms with E-state index in [4.69, 9.17) is 9.47 Å². The van der Waals surface area contributed by atoms with Crippen molar-refractivity contribution in [2.24, 2.45) is 0 Å². The van der Waals surface area contributed by atoms with E-state index in [9.17, 15) is 14.9 Å². The van der Waals surface area contributed by atoms with Crippen LogP contribution in [0.1, 0.15) is 30.2 Å². The van der Waals surface area contributed by atoms with Gasteiger partial charge in [0.2, 0.25) is 0 Å². The molecule has 31 heavy (non-hydrogen) atoms. The lowest BCUT2D eigenvalue weighted by Gasteiger charge is -2.15. The summed E-state index contributed by atoms with van der Waals surface area (Å²) in [4.78, 5) is 27.3. The van der Waals surface area contributed by atoms with E-state index >= 15 is 0 Å². The van der Waals surface area contributed by atoms with E-state index in [1.54, 1.807) is 18.3 Å². The molecule has 1 aromatic heterocycles. The molecule has 1 N–H and O–H groups in total. The van der Waals surface area contributed by atoms with Crippen LogP contribution in [0.2, 0.25) is 0 Å². The summed E-state index contributed by atoms with van der Waals surface area (Å²) in [5.74, 6) is 1.18. The molecule has 3 rings (SSSR count). The van der Waals surface area contributed by atoms with E-state index in [0.717, 1.165) is 29.2 Å². The van der Waals surface area contributed by atoms with Gasteiger partial charge in [0, 0.05) is 29.9 Å². The lowest BCUT2D eigenvalue weighted by Crippen LogP contribution is -2.29. The van der Waals surface area contributed by atoms with Gasteiger partial charge in [0.05, 0.1) is 17.8 Å². The van der Waals surface area contributed by atoms with Crippen molar-refractivity contribution in [1.29, 1.82) is 5.26 Å². The standard InChI is InChI=1S/C24H23N3O4/c1-3-6-16-11-18(14-27-22(16)12-19(15-28)31-24(29)26-2)30-23-10-9-17(13-25)20-7-4-5-8-21(20)23/h4-5,7-11,14-15,19H,3,6,12H2,1-2H3,(H,26,29). The molecule has 0 saturated carbocycles. The van der Waals surface area contributed by atoms with Crippen LogP contribution in [0.5, 0.6) is 11.5 Å². The molecule has 1 atom stereocenters. The number of pyridine rings is 1. The Labute approximate surface area is 180 Å². The van der Waals surface area contributed by atoms with Crippen LogP contribution in [0.15, 0.2) is 48.7 Å². The summed E-state index contributed by atoms with van der Waals surface area (Å²) in [7, 11) is 1.43. The first-order valence-electron chi connectivity index (χ1n) is 10.0. The van der Waals surface area contributed by atoms with Crippen LogP contribution in [0, 0.1) is 11.3 Å².